The predicted octanol–water partition coefficient (Wildman–Crippen LogP) is 6.08. The average Bonchev–Trinajstić information content (AvgIpc) is 2.75. The average molecular weight is 648 g/mol. The van der Waals surface area contributed by atoms with Crippen molar-refractivity contribution in [3.63, 3.8) is 0 Å². The van der Waals surface area contributed by atoms with Gasteiger partial charge in [-0.25, -0.2) is 0 Å². The van der Waals surface area contributed by atoms with E-state index >= 15 is 0 Å². The van der Waals surface area contributed by atoms with Crippen molar-refractivity contribution in [3.05, 3.63) is 0 Å². The van der Waals surface area contributed by atoms with Crippen LogP contribution >= 0.6 is 59.8 Å². The van der Waals surface area contributed by atoms with Crippen LogP contribution in [0.3, 0.4) is 0 Å². The molecule has 34 heavy (non-hydrogen) atoms. The van der Waals surface area contributed by atoms with E-state index in [1.54, 1.807) is 27.7 Å². The summed E-state index contributed by atoms with van der Waals surface area (Å²) in [6.07, 6.45) is 0. The van der Waals surface area contributed by atoms with Crippen molar-refractivity contribution in [3.8, 4) is 0 Å². The second-order valence-corrected chi connectivity index (χ2v) is 16.1. The van der Waals surface area contributed by atoms with Crippen molar-refractivity contribution in [1.29, 1.82) is 0 Å². The van der Waals surface area contributed by atoms with Gasteiger partial charge in [-0.15, -0.1) is 46.4 Å². The molecule has 16 heteroatoms. The van der Waals surface area contributed by atoms with Gasteiger partial charge in [0.05, 0.1) is 87.6 Å². The third kappa shape index (κ3) is 22.2. The van der Waals surface area contributed by atoms with Crippen molar-refractivity contribution < 1.29 is 36.6 Å². The minimum atomic E-state index is -2.95. The highest BCUT2D eigenvalue weighted by molar-refractivity contribution is 8.07. The standard InChI is InChI=1S/C18H36Cl4O8P2S2/c1-15(19)11-27-31(33,28-12-16(2)20)25-9-7-23-5-6-24-8-10-26-32(34,29-13-17(3)21)30-14-18(4)22/h15-18H,5-14H2,1-4H3. The van der Waals surface area contributed by atoms with Crippen LogP contribution in [-0.2, 0) is 60.2 Å². The molecule has 0 spiro atoms. The molecular formula is C18H36Cl4O8P2S2. The fourth-order valence-corrected chi connectivity index (χ4v) is 6.19. The zero-order chi connectivity index (χ0) is 26.0. The van der Waals surface area contributed by atoms with Gasteiger partial charge in [0.2, 0.25) is 0 Å². The first-order chi connectivity index (χ1) is 15.9. The molecule has 8 nitrogen and oxygen atoms in total. The summed E-state index contributed by atoms with van der Waals surface area (Å²) in [6.45, 7) is 3.77. The van der Waals surface area contributed by atoms with E-state index in [1.807, 2.05) is 0 Å². The maximum atomic E-state index is 5.92. The van der Waals surface area contributed by atoms with Crippen LogP contribution < -0.4 is 0 Å². The molecule has 4 unspecified atom stereocenters. The van der Waals surface area contributed by atoms with E-state index in [-0.39, 0.29) is 74.4 Å². The van der Waals surface area contributed by atoms with E-state index in [0.29, 0.717) is 13.2 Å². The van der Waals surface area contributed by atoms with E-state index in [9.17, 15) is 0 Å². The molecule has 0 saturated heterocycles. The smallest absolute Gasteiger partial charge is 0.327 e. The topological polar surface area (TPSA) is 73.8 Å². The fraction of sp³-hybridized carbons (Fsp3) is 1.00. The molecule has 0 aromatic carbocycles. The molecular weight excluding hydrogens is 612 g/mol. The van der Waals surface area contributed by atoms with Crippen LogP contribution in [0.5, 0.6) is 0 Å². The Morgan fingerprint density at radius 3 is 0.941 bits per heavy atom. The summed E-state index contributed by atoms with van der Waals surface area (Å²) in [5.74, 6) is 0. The number of rotatable bonds is 23. The number of hydrogen-bond acceptors (Lipinski definition) is 10. The number of halogens is 4. The Bertz CT molecular complexity index is 524. The number of hydrogen-bond donors (Lipinski definition) is 0. The molecule has 0 aromatic rings. The summed E-state index contributed by atoms with van der Waals surface area (Å²) in [5.41, 5.74) is 0. The Morgan fingerprint density at radius 2 is 0.706 bits per heavy atom. The third-order valence-corrected chi connectivity index (χ3v) is 8.44. The highest BCUT2D eigenvalue weighted by Crippen LogP contribution is 2.51. The molecule has 0 N–H and O–H groups in total. The Hall–Kier alpha value is 2.14. The first-order valence-corrected chi connectivity index (χ1v) is 17.5. The van der Waals surface area contributed by atoms with E-state index in [0.717, 1.165) is 0 Å². The van der Waals surface area contributed by atoms with Gasteiger partial charge < -0.3 is 36.6 Å². The van der Waals surface area contributed by atoms with Gasteiger partial charge in [0, 0.05) is 0 Å². The van der Waals surface area contributed by atoms with Crippen LogP contribution in [0.15, 0.2) is 0 Å². The van der Waals surface area contributed by atoms with Crippen molar-refractivity contribution in [2.24, 2.45) is 0 Å². The van der Waals surface area contributed by atoms with Gasteiger partial charge in [-0.05, 0) is 51.3 Å². The predicted molar refractivity (Wildman–Crippen MR) is 147 cm³/mol. The lowest BCUT2D eigenvalue weighted by Crippen LogP contribution is -2.15. The van der Waals surface area contributed by atoms with Crippen LogP contribution in [0.1, 0.15) is 27.7 Å². The normalized spacial score (nSPS) is 19.2. The quantitative estimate of drug-likeness (QED) is 0.0740. The molecule has 0 bridgehead atoms. The van der Waals surface area contributed by atoms with E-state index in [1.165, 1.54) is 0 Å². The van der Waals surface area contributed by atoms with E-state index < -0.39 is 13.4 Å². The molecule has 0 amide bonds. The minimum Gasteiger partial charge on any atom is -0.377 e. The van der Waals surface area contributed by atoms with Gasteiger partial charge >= 0.3 is 13.4 Å². The lowest BCUT2D eigenvalue weighted by molar-refractivity contribution is 0.0209. The van der Waals surface area contributed by atoms with Gasteiger partial charge in [0.15, 0.2) is 0 Å². The van der Waals surface area contributed by atoms with Crippen LogP contribution in [0, 0.1) is 0 Å². The third-order valence-electron chi connectivity index (χ3n) is 3.18. The number of alkyl halides is 4. The molecule has 0 radical (unpaired) electrons. The van der Waals surface area contributed by atoms with Crippen LogP contribution in [0.25, 0.3) is 0 Å². The summed E-state index contributed by atoms with van der Waals surface area (Å²) >= 11 is 34.4. The van der Waals surface area contributed by atoms with Crippen LogP contribution in [0.4, 0.5) is 0 Å². The Kier molecular flexibility index (Phi) is 22.3. The van der Waals surface area contributed by atoms with Gasteiger partial charge in [0.1, 0.15) is 0 Å². The van der Waals surface area contributed by atoms with Gasteiger partial charge in [-0.1, -0.05) is 0 Å². The summed E-state index contributed by atoms with van der Waals surface area (Å²) in [6, 6.07) is 0. The summed E-state index contributed by atoms with van der Waals surface area (Å²) < 4.78 is 44.4. The first-order valence-electron chi connectivity index (χ1n) is 10.7. The minimum absolute atomic E-state index is 0.198. The second kappa shape index (κ2) is 21.0. The summed E-state index contributed by atoms with van der Waals surface area (Å²) in [4.78, 5) is 0. The molecule has 0 aromatic heterocycles. The van der Waals surface area contributed by atoms with Crippen molar-refractivity contribution in [2.45, 2.75) is 49.2 Å². The Balaban J connectivity index is 4.08. The van der Waals surface area contributed by atoms with E-state index in [2.05, 4.69) is 0 Å². The molecule has 0 heterocycles. The maximum absolute atomic E-state index is 5.92. The van der Waals surface area contributed by atoms with Crippen LogP contribution in [-0.4, -0.2) is 87.6 Å². The molecule has 206 valence electrons. The Morgan fingerprint density at radius 1 is 0.471 bits per heavy atom. The van der Waals surface area contributed by atoms with E-state index in [4.69, 9.17) is 107 Å². The highest BCUT2D eigenvalue weighted by Gasteiger charge is 2.23. The van der Waals surface area contributed by atoms with Crippen molar-refractivity contribution >= 4 is 83.5 Å². The van der Waals surface area contributed by atoms with Gasteiger partial charge in [-0.2, -0.15) is 0 Å². The van der Waals surface area contributed by atoms with Crippen molar-refractivity contribution in [2.75, 3.05) is 66.1 Å². The zero-order valence-corrected chi connectivity index (χ0v) is 26.3. The fourth-order valence-electron chi connectivity index (χ4n) is 1.74. The summed E-state index contributed by atoms with van der Waals surface area (Å²) in [7, 11) is 0. The highest BCUT2D eigenvalue weighted by atomic mass is 35.5. The monoisotopic (exact) mass is 646 g/mol. The Labute approximate surface area is 234 Å². The molecule has 4 atom stereocenters. The lowest BCUT2D eigenvalue weighted by atomic mass is 10.5. The summed E-state index contributed by atoms with van der Waals surface area (Å²) in [5, 5.41) is -0.892. The molecule has 0 fully saturated rings. The molecule has 0 saturated carbocycles. The zero-order valence-electron chi connectivity index (χ0n) is 19.9. The van der Waals surface area contributed by atoms with Gasteiger partial charge in [0.25, 0.3) is 0 Å². The first kappa shape index (κ1) is 36.1. The number of ether oxygens (including phenoxy) is 2. The van der Waals surface area contributed by atoms with Crippen LogP contribution in [0.2, 0.25) is 0 Å². The molecule has 0 aliphatic heterocycles. The lowest BCUT2D eigenvalue weighted by Gasteiger charge is -2.23. The van der Waals surface area contributed by atoms with Gasteiger partial charge in [-0.3, -0.25) is 0 Å². The van der Waals surface area contributed by atoms with Crippen molar-refractivity contribution in [1.82, 2.24) is 0 Å². The largest absolute Gasteiger partial charge is 0.377 e. The molecule has 0 aliphatic rings. The molecule has 0 aliphatic carbocycles. The molecule has 0 rings (SSSR count). The SMILES string of the molecule is CC(Cl)COP(=S)(OCCOCCOCCOP(=S)(OCC(C)Cl)OCC(C)Cl)OCC(C)Cl. The maximum Gasteiger partial charge on any atom is 0.327 e. The second-order valence-electron chi connectivity index (χ2n) is 7.09.